The zero-order valence-corrected chi connectivity index (χ0v) is 11.1. The third-order valence-corrected chi connectivity index (χ3v) is 3.26. The zero-order valence-electron chi connectivity index (χ0n) is 10.4. The Bertz CT molecular complexity index is 704. The van der Waals surface area contributed by atoms with E-state index in [1.807, 2.05) is 30.3 Å². The minimum absolute atomic E-state index is 0. The van der Waals surface area contributed by atoms with Gasteiger partial charge in [0.1, 0.15) is 0 Å². The molecular formula is C15H13ClN2O2. The Morgan fingerprint density at radius 1 is 1.20 bits per heavy atom. The van der Waals surface area contributed by atoms with Crippen molar-refractivity contribution < 1.29 is 11.3 Å². The average molecular weight is 292 g/mol. The summed E-state index contributed by atoms with van der Waals surface area (Å²) >= 11 is 6.03. The molecule has 0 aliphatic carbocycles. The van der Waals surface area contributed by atoms with Crippen LogP contribution in [0.1, 0.15) is 12.6 Å². The number of nitrogens with one attached hydrogen (secondary N) is 1. The molecule has 4 nitrogen and oxygen atoms in total. The SMILES string of the molecule is O=[13C]1Nc2ccc(Cl)cc2C(c2ccccc2)=[15N][13CH]1O.[HH]. The normalized spacial score (nSPS) is 17.8. The van der Waals surface area contributed by atoms with Crippen LogP contribution in [0, 0.1) is 0 Å². The first-order chi connectivity index (χ1) is 9.65. The number of anilines is 1. The van der Waals surface area contributed by atoms with E-state index in [1.54, 1.807) is 18.2 Å². The fourth-order valence-electron chi connectivity index (χ4n) is 2.10. The van der Waals surface area contributed by atoms with Crippen LogP contribution in [0.5, 0.6) is 0 Å². The fourth-order valence-corrected chi connectivity index (χ4v) is 2.27. The molecule has 1 unspecified atom stereocenters. The highest BCUT2D eigenvalue weighted by Gasteiger charge is 2.23. The molecule has 2 N–H and O–H groups in total. The third-order valence-electron chi connectivity index (χ3n) is 3.03. The molecule has 0 radical (unpaired) electrons. The zero-order chi connectivity index (χ0) is 14.1. The molecule has 0 saturated heterocycles. The van der Waals surface area contributed by atoms with Crippen molar-refractivity contribution in [1.82, 2.24) is 0 Å². The maximum atomic E-state index is 11.7. The number of fused-ring (bicyclic) bond motifs is 1. The maximum Gasteiger partial charge on any atom is 0.276 e. The highest BCUT2D eigenvalue weighted by atomic mass is 35.5. The molecular weight excluding hydrogens is 279 g/mol. The standard InChI is InChI=1S/C15H11ClN2O2.H2/c16-10-6-7-12-11(8-10)13(9-4-2-1-3-5-9)18-15(20)14(19)17-12;/h1-8,15,20H,(H,17,19);1H/i14+1,15+1,18+1;. The van der Waals surface area contributed by atoms with Crippen molar-refractivity contribution in [1.29, 1.82) is 0 Å². The molecule has 0 spiro atoms. The van der Waals surface area contributed by atoms with E-state index in [1.165, 1.54) is 0 Å². The van der Waals surface area contributed by atoms with Gasteiger partial charge in [0, 0.05) is 17.6 Å². The van der Waals surface area contributed by atoms with Crippen LogP contribution in [0.15, 0.2) is 53.5 Å². The first-order valence-corrected chi connectivity index (χ1v) is 6.45. The van der Waals surface area contributed by atoms with Crippen LogP contribution in [0.3, 0.4) is 0 Å². The molecule has 0 aromatic heterocycles. The Morgan fingerprint density at radius 3 is 2.70 bits per heavy atom. The summed E-state index contributed by atoms with van der Waals surface area (Å²) in [5, 5.41) is 13.0. The number of aliphatic imine (C=N–C) groups is 1. The summed E-state index contributed by atoms with van der Waals surface area (Å²) in [6.07, 6.45) is -1.43. The van der Waals surface area contributed by atoms with Crippen LogP contribution in [0.2, 0.25) is 5.02 Å². The maximum absolute atomic E-state index is 11.7. The van der Waals surface area contributed by atoms with E-state index in [0.717, 1.165) is 5.56 Å². The number of hydrogen-bond donors (Lipinski definition) is 2. The number of benzodiazepines with no additional fused rings is 1. The Balaban J connectivity index is 0.00000161. The smallest absolute Gasteiger partial charge is 0.276 e. The van der Waals surface area contributed by atoms with Crippen LogP contribution < -0.4 is 5.32 Å². The van der Waals surface area contributed by atoms with Gasteiger partial charge < -0.3 is 10.4 Å². The van der Waals surface area contributed by atoms with E-state index in [-0.39, 0.29) is 1.43 Å². The number of rotatable bonds is 1. The lowest BCUT2D eigenvalue weighted by Crippen LogP contribution is -2.24. The van der Waals surface area contributed by atoms with Gasteiger partial charge in [-0.05, 0) is 18.2 Å². The van der Waals surface area contributed by atoms with Crippen LogP contribution in [-0.2, 0) is 4.79 Å². The van der Waals surface area contributed by atoms with Crippen molar-refractivity contribution in [3.63, 3.8) is 0 Å². The molecule has 0 saturated carbocycles. The van der Waals surface area contributed by atoms with Gasteiger partial charge in [-0.2, -0.15) is 0 Å². The topological polar surface area (TPSA) is 61.7 Å². The monoisotopic (exact) mass is 291 g/mol. The van der Waals surface area contributed by atoms with Crippen LogP contribution in [0.4, 0.5) is 5.69 Å². The summed E-state index contributed by atoms with van der Waals surface area (Å²) < 4.78 is 0. The summed E-state index contributed by atoms with van der Waals surface area (Å²) in [4.78, 5) is 15.8. The summed E-state index contributed by atoms with van der Waals surface area (Å²) in [7, 11) is 0. The fraction of sp³-hybridized carbons (Fsp3) is 0.0667. The predicted molar refractivity (Wildman–Crippen MR) is 80.3 cm³/mol. The molecule has 2 aromatic rings. The summed E-state index contributed by atoms with van der Waals surface area (Å²) in [6.45, 7) is 0. The summed E-state index contributed by atoms with van der Waals surface area (Å²) in [5.74, 6) is -0.556. The first kappa shape index (κ1) is 12.8. The van der Waals surface area contributed by atoms with Crippen LogP contribution in [-0.4, -0.2) is 23.0 Å². The number of benzene rings is 2. The molecule has 0 fully saturated rings. The first-order valence-electron chi connectivity index (χ1n) is 6.07. The molecule has 1 aliphatic heterocycles. The molecule has 5 heteroatoms. The molecule has 102 valence electrons. The highest BCUT2D eigenvalue weighted by molar-refractivity contribution is 6.32. The van der Waals surface area contributed by atoms with Gasteiger partial charge in [-0.25, -0.2) is 4.99 Å². The molecule has 2 aromatic carbocycles. The molecule has 1 amide bonds. The van der Waals surface area contributed by atoms with Gasteiger partial charge in [-0.15, -0.1) is 0 Å². The van der Waals surface area contributed by atoms with Gasteiger partial charge in [0.05, 0.1) is 11.4 Å². The number of halogens is 1. The van der Waals surface area contributed by atoms with E-state index >= 15 is 0 Å². The van der Waals surface area contributed by atoms with E-state index in [4.69, 9.17) is 11.6 Å². The average Bonchev–Trinajstić information content (AvgIpc) is 2.58. The lowest BCUT2D eigenvalue weighted by Gasteiger charge is -2.10. The van der Waals surface area contributed by atoms with E-state index in [9.17, 15) is 9.90 Å². The largest absolute Gasteiger partial charge is 0.364 e. The second-order valence-corrected chi connectivity index (χ2v) is 4.83. The van der Waals surface area contributed by atoms with Crippen molar-refractivity contribution in [2.45, 2.75) is 6.23 Å². The number of carbonyl (C=O) groups excluding carboxylic acids is 1. The Labute approximate surface area is 122 Å². The van der Waals surface area contributed by atoms with E-state index in [2.05, 4.69) is 10.3 Å². The van der Waals surface area contributed by atoms with Crippen molar-refractivity contribution >= 4 is 28.9 Å². The van der Waals surface area contributed by atoms with Crippen LogP contribution in [0.25, 0.3) is 0 Å². The van der Waals surface area contributed by atoms with Gasteiger partial charge in [0.2, 0.25) is 6.23 Å². The van der Waals surface area contributed by atoms with Gasteiger partial charge in [-0.1, -0.05) is 41.9 Å². The van der Waals surface area contributed by atoms with E-state index < -0.39 is 12.1 Å². The number of aliphatic hydroxyl groups excluding tert-OH is 1. The third kappa shape index (κ3) is 2.31. The van der Waals surface area contributed by atoms with Gasteiger partial charge in [0.15, 0.2) is 0 Å². The van der Waals surface area contributed by atoms with Gasteiger partial charge >= 0.3 is 0 Å². The Morgan fingerprint density at radius 2 is 1.95 bits per heavy atom. The second kappa shape index (κ2) is 5.07. The number of hydrogen-bond acceptors (Lipinski definition) is 3. The van der Waals surface area contributed by atoms with E-state index in [0.29, 0.717) is 22.0 Å². The molecule has 3 rings (SSSR count). The van der Waals surface area contributed by atoms with Crippen LogP contribution >= 0.6 is 11.6 Å². The Hall–Kier alpha value is -2.17. The van der Waals surface area contributed by atoms with Crippen molar-refractivity contribution in [3.05, 3.63) is 64.7 Å². The highest BCUT2D eigenvalue weighted by Crippen LogP contribution is 2.26. The lowest BCUT2D eigenvalue weighted by atomic mass is 10.0. The number of nitrogens with zero attached hydrogens (tertiary/aromatic N) is 1. The Kier molecular flexibility index (Phi) is 3.26. The summed E-state index contributed by atoms with van der Waals surface area (Å²) in [5.41, 5.74) is 2.62. The molecule has 20 heavy (non-hydrogen) atoms. The van der Waals surface area contributed by atoms with Crippen molar-refractivity contribution in [2.75, 3.05) is 5.32 Å². The number of amides is 1. The quantitative estimate of drug-likeness (QED) is 0.627. The predicted octanol–water partition coefficient (Wildman–Crippen LogP) is 2.69. The molecule has 1 heterocycles. The molecule has 1 aliphatic rings. The van der Waals surface area contributed by atoms with Crippen molar-refractivity contribution in [2.24, 2.45) is 4.99 Å². The molecule has 1 atom stereocenters. The number of aliphatic hydroxyl groups is 1. The van der Waals surface area contributed by atoms with Gasteiger partial charge in [-0.3, -0.25) is 4.79 Å². The summed E-state index contributed by atoms with van der Waals surface area (Å²) in [6, 6.07) is 14.5. The van der Waals surface area contributed by atoms with Crippen molar-refractivity contribution in [3.8, 4) is 0 Å². The minimum Gasteiger partial charge on any atom is -0.364 e. The lowest BCUT2D eigenvalue weighted by molar-refractivity contribution is -0.123. The van der Waals surface area contributed by atoms with Gasteiger partial charge in [0.25, 0.3) is 5.91 Å². The second-order valence-electron chi connectivity index (χ2n) is 4.40. The minimum atomic E-state index is -1.43. The number of carbonyl (C=O) groups is 1. The molecule has 0 bridgehead atoms.